The van der Waals surface area contributed by atoms with Crippen molar-refractivity contribution in [1.82, 2.24) is 4.57 Å². The molecular formula is C11H9NO3. The maximum atomic E-state index is 11.5. The number of rotatable bonds is 2. The second-order valence-electron chi connectivity index (χ2n) is 3.21. The summed E-state index contributed by atoms with van der Waals surface area (Å²) in [5.74, 6) is -1.54. The zero-order valence-electron chi connectivity index (χ0n) is 7.88. The molecule has 0 amide bonds. The smallest absolute Gasteiger partial charge is 0.312 e. The lowest BCUT2D eigenvalue weighted by Gasteiger charge is -2.00. The molecule has 4 nitrogen and oxygen atoms in total. The van der Waals surface area contributed by atoms with Gasteiger partial charge >= 0.3 is 5.97 Å². The van der Waals surface area contributed by atoms with Gasteiger partial charge < -0.3 is 5.11 Å². The average Bonchev–Trinajstić information content (AvgIpc) is 2.59. The molecule has 1 N–H and O–H groups in total. The number of carbonyl (C=O) groups is 2. The molecule has 1 aromatic carbocycles. The van der Waals surface area contributed by atoms with Crippen LogP contribution in [-0.4, -0.2) is 21.6 Å². The Kier molecular flexibility index (Phi) is 2.25. The van der Waals surface area contributed by atoms with E-state index < -0.39 is 18.3 Å². The molecule has 0 aliphatic heterocycles. The largest absolute Gasteiger partial charge is 0.481 e. The van der Waals surface area contributed by atoms with Gasteiger partial charge in [-0.2, -0.15) is 0 Å². The van der Waals surface area contributed by atoms with Crippen LogP contribution in [0.4, 0.5) is 0 Å². The van der Waals surface area contributed by atoms with Gasteiger partial charge in [0.2, 0.25) is 5.91 Å². The van der Waals surface area contributed by atoms with E-state index in [2.05, 4.69) is 0 Å². The lowest BCUT2D eigenvalue weighted by Crippen LogP contribution is -2.13. The van der Waals surface area contributed by atoms with Gasteiger partial charge in [-0.3, -0.25) is 14.2 Å². The first kappa shape index (κ1) is 9.45. The van der Waals surface area contributed by atoms with Crippen LogP contribution in [0.1, 0.15) is 11.2 Å². The SMILES string of the molecule is O=C(O)CC(=O)n1ccc2ccccc21. The molecule has 0 unspecified atom stereocenters. The number of aromatic nitrogens is 1. The molecule has 2 aromatic rings. The van der Waals surface area contributed by atoms with Crippen LogP contribution in [0, 0.1) is 0 Å². The highest BCUT2D eigenvalue weighted by atomic mass is 16.4. The lowest BCUT2D eigenvalue weighted by atomic mass is 10.2. The fraction of sp³-hybridized carbons (Fsp3) is 0.0909. The molecule has 1 aromatic heterocycles. The van der Waals surface area contributed by atoms with Crippen LogP contribution in [0.15, 0.2) is 36.5 Å². The van der Waals surface area contributed by atoms with Crippen LogP contribution in [0.25, 0.3) is 10.9 Å². The molecule has 0 spiro atoms. The fourth-order valence-electron chi connectivity index (χ4n) is 1.52. The highest BCUT2D eigenvalue weighted by Gasteiger charge is 2.11. The summed E-state index contributed by atoms with van der Waals surface area (Å²) in [5.41, 5.74) is 0.740. The second kappa shape index (κ2) is 3.57. The van der Waals surface area contributed by atoms with Crippen molar-refractivity contribution in [2.75, 3.05) is 0 Å². The van der Waals surface area contributed by atoms with E-state index in [0.29, 0.717) is 0 Å². The second-order valence-corrected chi connectivity index (χ2v) is 3.21. The normalized spacial score (nSPS) is 10.4. The molecular weight excluding hydrogens is 194 g/mol. The first-order chi connectivity index (χ1) is 7.18. The number of para-hydroxylation sites is 1. The molecule has 1 heterocycles. The molecule has 0 saturated heterocycles. The Labute approximate surface area is 85.7 Å². The highest BCUT2D eigenvalue weighted by Crippen LogP contribution is 2.15. The van der Waals surface area contributed by atoms with E-state index in [9.17, 15) is 9.59 Å². The van der Waals surface area contributed by atoms with Crippen LogP contribution in [0.5, 0.6) is 0 Å². The van der Waals surface area contributed by atoms with Crippen molar-refractivity contribution in [1.29, 1.82) is 0 Å². The predicted molar refractivity (Wildman–Crippen MR) is 54.8 cm³/mol. The summed E-state index contributed by atoms with van der Waals surface area (Å²) in [6, 6.07) is 9.13. The molecule has 0 fully saturated rings. The van der Waals surface area contributed by atoms with E-state index in [1.807, 2.05) is 18.2 Å². The number of carboxylic acid groups (broad SMARTS) is 1. The van der Waals surface area contributed by atoms with E-state index in [-0.39, 0.29) is 0 Å². The van der Waals surface area contributed by atoms with Gasteiger partial charge in [0.05, 0.1) is 5.52 Å². The van der Waals surface area contributed by atoms with Crippen molar-refractivity contribution in [3.05, 3.63) is 36.5 Å². The average molecular weight is 203 g/mol. The van der Waals surface area contributed by atoms with Crippen molar-refractivity contribution < 1.29 is 14.7 Å². The highest BCUT2D eigenvalue weighted by molar-refractivity contribution is 6.00. The standard InChI is InChI=1S/C11H9NO3/c13-10(7-11(14)15)12-6-5-8-3-1-2-4-9(8)12/h1-6H,7H2,(H,14,15). The number of carboxylic acids is 1. The van der Waals surface area contributed by atoms with Gasteiger partial charge in [0.25, 0.3) is 0 Å². The van der Waals surface area contributed by atoms with E-state index in [1.165, 1.54) is 4.57 Å². The van der Waals surface area contributed by atoms with Gasteiger partial charge in [-0.1, -0.05) is 18.2 Å². The first-order valence-electron chi connectivity index (χ1n) is 4.49. The molecule has 76 valence electrons. The Balaban J connectivity index is 2.44. The summed E-state index contributed by atoms with van der Waals surface area (Å²) in [6.45, 7) is 0. The zero-order chi connectivity index (χ0) is 10.8. The number of aliphatic carboxylic acids is 1. The van der Waals surface area contributed by atoms with Gasteiger partial charge in [-0.05, 0) is 12.1 Å². The molecule has 0 aliphatic rings. The van der Waals surface area contributed by atoms with Crippen LogP contribution >= 0.6 is 0 Å². The van der Waals surface area contributed by atoms with Crippen molar-refractivity contribution in [2.24, 2.45) is 0 Å². The lowest BCUT2D eigenvalue weighted by molar-refractivity contribution is -0.136. The summed E-state index contributed by atoms with van der Waals surface area (Å²) in [5, 5.41) is 9.45. The summed E-state index contributed by atoms with van der Waals surface area (Å²) in [6.07, 6.45) is 1.11. The number of carbonyl (C=O) groups excluding carboxylic acids is 1. The van der Waals surface area contributed by atoms with Crippen molar-refractivity contribution >= 4 is 22.8 Å². The fourth-order valence-corrected chi connectivity index (χ4v) is 1.52. The van der Waals surface area contributed by atoms with Crippen LogP contribution in [0.3, 0.4) is 0 Å². The van der Waals surface area contributed by atoms with Gasteiger partial charge in [-0.25, -0.2) is 0 Å². The first-order valence-corrected chi connectivity index (χ1v) is 4.49. The Hall–Kier alpha value is -2.10. The molecule has 0 aliphatic carbocycles. The number of hydrogen-bond donors (Lipinski definition) is 1. The summed E-state index contributed by atoms with van der Waals surface area (Å²) in [7, 11) is 0. The Morgan fingerprint density at radius 1 is 1.20 bits per heavy atom. The molecule has 0 radical (unpaired) electrons. The van der Waals surface area contributed by atoms with Gasteiger partial charge in [-0.15, -0.1) is 0 Å². The summed E-state index contributed by atoms with van der Waals surface area (Å²) < 4.78 is 1.36. The molecule has 0 atom stereocenters. The van der Waals surface area contributed by atoms with Crippen molar-refractivity contribution in [3.63, 3.8) is 0 Å². The topological polar surface area (TPSA) is 59.3 Å². The Bertz CT molecular complexity index is 527. The van der Waals surface area contributed by atoms with Crippen LogP contribution < -0.4 is 0 Å². The summed E-state index contributed by atoms with van der Waals surface area (Å²) >= 11 is 0. The molecule has 0 saturated carbocycles. The molecule has 15 heavy (non-hydrogen) atoms. The minimum absolute atomic E-state index is 0.427. The van der Waals surface area contributed by atoms with Gasteiger partial charge in [0.1, 0.15) is 6.42 Å². The zero-order valence-corrected chi connectivity index (χ0v) is 7.88. The predicted octanol–water partition coefficient (Wildman–Crippen LogP) is 1.76. The minimum Gasteiger partial charge on any atom is -0.481 e. The third kappa shape index (κ3) is 1.74. The number of fused-ring (bicyclic) bond motifs is 1. The Morgan fingerprint density at radius 2 is 1.93 bits per heavy atom. The summed E-state index contributed by atoms with van der Waals surface area (Å²) in [4.78, 5) is 21.9. The number of nitrogens with zero attached hydrogens (tertiary/aromatic N) is 1. The van der Waals surface area contributed by atoms with Gasteiger partial charge in [0, 0.05) is 11.6 Å². The quantitative estimate of drug-likeness (QED) is 0.756. The molecule has 2 rings (SSSR count). The maximum absolute atomic E-state index is 11.5. The van der Waals surface area contributed by atoms with Crippen LogP contribution in [-0.2, 0) is 4.79 Å². The van der Waals surface area contributed by atoms with Crippen LogP contribution in [0.2, 0.25) is 0 Å². The third-order valence-electron chi connectivity index (χ3n) is 2.17. The number of benzene rings is 1. The Morgan fingerprint density at radius 3 is 2.67 bits per heavy atom. The van der Waals surface area contributed by atoms with Gasteiger partial charge in [0.15, 0.2) is 0 Å². The van der Waals surface area contributed by atoms with E-state index >= 15 is 0 Å². The van der Waals surface area contributed by atoms with Crippen molar-refractivity contribution in [2.45, 2.75) is 6.42 Å². The molecule has 0 bridgehead atoms. The number of hydrogen-bond acceptors (Lipinski definition) is 2. The third-order valence-corrected chi connectivity index (χ3v) is 2.17. The monoisotopic (exact) mass is 203 g/mol. The van der Waals surface area contributed by atoms with E-state index in [1.54, 1.807) is 18.3 Å². The van der Waals surface area contributed by atoms with E-state index in [0.717, 1.165) is 10.9 Å². The molecule has 4 heteroatoms. The van der Waals surface area contributed by atoms with E-state index in [4.69, 9.17) is 5.11 Å². The van der Waals surface area contributed by atoms with Crippen molar-refractivity contribution in [3.8, 4) is 0 Å². The minimum atomic E-state index is -1.11. The maximum Gasteiger partial charge on any atom is 0.312 e.